The maximum absolute atomic E-state index is 12.6. The number of rotatable bonds is 4. The summed E-state index contributed by atoms with van der Waals surface area (Å²) in [7, 11) is 0. The van der Waals surface area contributed by atoms with Gasteiger partial charge in [0.1, 0.15) is 11.5 Å². The minimum atomic E-state index is -0.513. The Kier molecular flexibility index (Phi) is 4.85. The summed E-state index contributed by atoms with van der Waals surface area (Å²) >= 11 is 0. The van der Waals surface area contributed by atoms with Crippen molar-refractivity contribution in [3.05, 3.63) is 105 Å². The molecule has 4 rings (SSSR count). The Balaban J connectivity index is 1.52. The summed E-state index contributed by atoms with van der Waals surface area (Å²) in [4.78, 5) is 35.1. The van der Waals surface area contributed by atoms with Crippen LogP contribution in [0.2, 0.25) is 0 Å². The van der Waals surface area contributed by atoms with E-state index in [9.17, 15) is 19.7 Å². The van der Waals surface area contributed by atoms with Crippen LogP contribution < -0.4 is 9.47 Å². The van der Waals surface area contributed by atoms with E-state index in [1.165, 1.54) is 48.5 Å². The summed E-state index contributed by atoms with van der Waals surface area (Å²) < 4.78 is 11.0. The number of Topliss-reactive ketones (excluding diaryl/α,β-unsaturated/α-hetero) is 1. The number of ketones is 1. The summed E-state index contributed by atoms with van der Waals surface area (Å²) in [6, 6.07) is 17.3. The topological polar surface area (TPSA) is 95.7 Å². The third kappa shape index (κ3) is 3.81. The lowest BCUT2D eigenvalue weighted by atomic mass is 10.1. The fraction of sp³-hybridized carbons (Fsp3) is 0.0435. The van der Waals surface area contributed by atoms with Gasteiger partial charge in [-0.25, -0.2) is 4.79 Å². The van der Waals surface area contributed by atoms with Gasteiger partial charge >= 0.3 is 5.97 Å². The first-order chi connectivity index (χ1) is 14.4. The van der Waals surface area contributed by atoms with E-state index in [1.807, 2.05) is 19.1 Å². The van der Waals surface area contributed by atoms with Crippen LogP contribution in [0, 0.1) is 17.0 Å². The SMILES string of the molecule is Cc1ccc(C(=O)Oc2ccc3c(c2)O/C(=C\c2ccc([N+](=O)[O-])cc2)C3=O)cc1. The lowest BCUT2D eigenvalue weighted by Gasteiger charge is -2.06. The van der Waals surface area contributed by atoms with Crippen molar-refractivity contribution in [3.63, 3.8) is 0 Å². The lowest BCUT2D eigenvalue weighted by Crippen LogP contribution is -2.08. The molecule has 3 aromatic carbocycles. The quantitative estimate of drug-likeness (QED) is 0.206. The van der Waals surface area contributed by atoms with Gasteiger partial charge in [0, 0.05) is 18.2 Å². The van der Waals surface area contributed by atoms with Gasteiger partial charge in [0.25, 0.3) is 5.69 Å². The van der Waals surface area contributed by atoms with Crippen molar-refractivity contribution in [2.45, 2.75) is 6.92 Å². The highest BCUT2D eigenvalue weighted by atomic mass is 16.6. The Morgan fingerprint density at radius 2 is 1.73 bits per heavy atom. The fourth-order valence-electron chi connectivity index (χ4n) is 2.93. The molecule has 0 N–H and O–H groups in total. The molecule has 0 fully saturated rings. The third-order valence-corrected chi connectivity index (χ3v) is 4.54. The second kappa shape index (κ2) is 7.63. The van der Waals surface area contributed by atoms with Gasteiger partial charge in [0.05, 0.1) is 16.1 Å². The van der Waals surface area contributed by atoms with Gasteiger partial charge in [0.15, 0.2) is 5.76 Å². The number of carbonyl (C=O) groups excluding carboxylic acids is 2. The molecule has 148 valence electrons. The van der Waals surface area contributed by atoms with E-state index in [1.54, 1.807) is 12.1 Å². The van der Waals surface area contributed by atoms with E-state index < -0.39 is 10.9 Å². The van der Waals surface area contributed by atoms with Crippen LogP contribution in [0.25, 0.3) is 6.08 Å². The Labute approximate surface area is 171 Å². The Morgan fingerprint density at radius 1 is 1.03 bits per heavy atom. The minimum Gasteiger partial charge on any atom is -0.452 e. The average molecular weight is 401 g/mol. The van der Waals surface area contributed by atoms with Gasteiger partial charge < -0.3 is 9.47 Å². The largest absolute Gasteiger partial charge is 0.452 e. The summed E-state index contributed by atoms with van der Waals surface area (Å²) in [5, 5.41) is 10.7. The number of benzene rings is 3. The second-order valence-electron chi connectivity index (χ2n) is 6.70. The lowest BCUT2D eigenvalue weighted by molar-refractivity contribution is -0.384. The first-order valence-electron chi connectivity index (χ1n) is 9.02. The number of nitrogens with zero attached hydrogens (tertiary/aromatic N) is 1. The first kappa shape index (κ1) is 19.1. The van der Waals surface area contributed by atoms with Gasteiger partial charge in [-0.15, -0.1) is 0 Å². The Morgan fingerprint density at radius 3 is 2.40 bits per heavy atom. The van der Waals surface area contributed by atoms with E-state index in [0.717, 1.165) is 5.56 Å². The number of hydrogen-bond acceptors (Lipinski definition) is 6. The van der Waals surface area contributed by atoms with Crippen molar-refractivity contribution < 1.29 is 24.0 Å². The standard InChI is InChI=1S/C23H15NO6/c1-14-2-6-16(7-3-14)23(26)29-18-10-11-19-20(13-18)30-21(22(19)25)12-15-4-8-17(9-5-15)24(27)28/h2-13H,1H3/b21-12-. The molecule has 7 nitrogen and oxygen atoms in total. The van der Waals surface area contributed by atoms with E-state index in [0.29, 0.717) is 16.7 Å². The molecule has 0 unspecified atom stereocenters. The summed E-state index contributed by atoms with van der Waals surface area (Å²) in [6.07, 6.45) is 1.50. The predicted molar refractivity (Wildman–Crippen MR) is 109 cm³/mol. The number of nitro benzene ring substituents is 1. The summed E-state index contributed by atoms with van der Waals surface area (Å²) in [6.45, 7) is 1.92. The zero-order valence-electron chi connectivity index (χ0n) is 15.8. The molecule has 30 heavy (non-hydrogen) atoms. The zero-order valence-corrected chi connectivity index (χ0v) is 15.8. The third-order valence-electron chi connectivity index (χ3n) is 4.54. The van der Waals surface area contributed by atoms with E-state index in [2.05, 4.69) is 0 Å². The van der Waals surface area contributed by atoms with Crippen LogP contribution in [0.4, 0.5) is 5.69 Å². The molecule has 0 saturated carbocycles. The molecule has 0 aliphatic carbocycles. The van der Waals surface area contributed by atoms with Crippen LogP contribution in [0.5, 0.6) is 11.5 Å². The van der Waals surface area contributed by atoms with Crippen LogP contribution in [-0.4, -0.2) is 16.7 Å². The van der Waals surface area contributed by atoms with Crippen molar-refractivity contribution in [2.24, 2.45) is 0 Å². The number of fused-ring (bicyclic) bond motifs is 1. The first-order valence-corrected chi connectivity index (χ1v) is 9.02. The number of allylic oxidation sites excluding steroid dienone is 1. The maximum Gasteiger partial charge on any atom is 0.343 e. The van der Waals surface area contributed by atoms with Gasteiger partial charge in [-0.1, -0.05) is 17.7 Å². The monoisotopic (exact) mass is 401 g/mol. The molecule has 1 aliphatic rings. The zero-order chi connectivity index (χ0) is 21.3. The molecule has 0 amide bonds. The molecule has 0 saturated heterocycles. The van der Waals surface area contributed by atoms with Crippen LogP contribution in [0.1, 0.15) is 31.8 Å². The highest BCUT2D eigenvalue weighted by Gasteiger charge is 2.28. The number of ether oxygens (including phenoxy) is 2. The Bertz CT molecular complexity index is 1190. The smallest absolute Gasteiger partial charge is 0.343 e. The summed E-state index contributed by atoms with van der Waals surface area (Å²) in [5.74, 6) is -0.215. The molecular weight excluding hydrogens is 386 g/mol. The predicted octanol–water partition coefficient (Wildman–Crippen LogP) is 4.74. The highest BCUT2D eigenvalue weighted by molar-refractivity contribution is 6.14. The average Bonchev–Trinajstić information content (AvgIpc) is 3.03. The van der Waals surface area contributed by atoms with Crippen molar-refractivity contribution in [2.75, 3.05) is 0 Å². The van der Waals surface area contributed by atoms with Gasteiger partial charge in [-0.05, 0) is 55.0 Å². The summed E-state index contributed by atoms with van der Waals surface area (Å²) in [5.41, 5.74) is 2.33. The highest BCUT2D eigenvalue weighted by Crippen LogP contribution is 2.35. The minimum absolute atomic E-state index is 0.0425. The molecule has 0 atom stereocenters. The molecule has 0 spiro atoms. The number of nitro groups is 1. The fourth-order valence-corrected chi connectivity index (χ4v) is 2.93. The van der Waals surface area contributed by atoms with E-state index in [-0.39, 0.29) is 28.7 Å². The number of hydrogen-bond donors (Lipinski definition) is 0. The molecule has 0 bridgehead atoms. The molecule has 1 aliphatic heterocycles. The molecule has 1 heterocycles. The van der Waals surface area contributed by atoms with E-state index >= 15 is 0 Å². The van der Waals surface area contributed by atoms with Crippen LogP contribution in [-0.2, 0) is 0 Å². The molecule has 0 aromatic heterocycles. The van der Waals surface area contributed by atoms with Crippen molar-refractivity contribution >= 4 is 23.5 Å². The van der Waals surface area contributed by atoms with Gasteiger partial charge in [0.2, 0.25) is 5.78 Å². The maximum atomic E-state index is 12.6. The second-order valence-corrected chi connectivity index (χ2v) is 6.70. The molecule has 3 aromatic rings. The molecular formula is C23H15NO6. The number of carbonyl (C=O) groups is 2. The van der Waals surface area contributed by atoms with Gasteiger partial charge in [-0.3, -0.25) is 14.9 Å². The van der Waals surface area contributed by atoms with Crippen LogP contribution >= 0.6 is 0 Å². The number of aryl methyl sites for hydroxylation is 1. The molecule has 0 radical (unpaired) electrons. The Hall–Kier alpha value is -4.26. The van der Waals surface area contributed by atoms with Crippen LogP contribution in [0.15, 0.2) is 72.5 Å². The normalized spacial score (nSPS) is 13.6. The number of non-ortho nitro benzene ring substituents is 1. The van der Waals surface area contributed by atoms with Crippen molar-refractivity contribution in [1.82, 2.24) is 0 Å². The number of esters is 1. The van der Waals surface area contributed by atoms with Gasteiger partial charge in [-0.2, -0.15) is 0 Å². The van der Waals surface area contributed by atoms with E-state index in [4.69, 9.17) is 9.47 Å². The molecule has 7 heteroatoms. The van der Waals surface area contributed by atoms with Crippen molar-refractivity contribution in [3.8, 4) is 11.5 Å². The van der Waals surface area contributed by atoms with Crippen molar-refractivity contribution in [1.29, 1.82) is 0 Å². The van der Waals surface area contributed by atoms with Crippen LogP contribution in [0.3, 0.4) is 0 Å².